The summed E-state index contributed by atoms with van der Waals surface area (Å²) in [6.45, 7) is 0. The minimum atomic E-state index is 0.111. The number of aryl methyl sites for hydroxylation is 1. The van der Waals surface area contributed by atoms with Gasteiger partial charge in [0.1, 0.15) is 5.75 Å². The van der Waals surface area contributed by atoms with Crippen LogP contribution in [0.15, 0.2) is 53.2 Å². The van der Waals surface area contributed by atoms with Crippen molar-refractivity contribution in [3.05, 3.63) is 48.7 Å². The third kappa shape index (κ3) is 1.93. The first-order valence-corrected chi connectivity index (χ1v) is 6.76. The Hall–Kier alpha value is -3.15. The molecule has 0 atom stereocenters. The Morgan fingerprint density at radius 2 is 2.00 bits per heavy atom. The highest BCUT2D eigenvalue weighted by Gasteiger charge is 2.14. The molecule has 2 heterocycles. The van der Waals surface area contributed by atoms with Crippen molar-refractivity contribution in [1.82, 2.24) is 19.9 Å². The molecular weight excluding hydrogens is 280 g/mol. The fourth-order valence-corrected chi connectivity index (χ4v) is 2.41. The lowest BCUT2D eigenvalue weighted by Gasteiger charge is -1.97. The van der Waals surface area contributed by atoms with E-state index in [1.165, 1.54) is 0 Å². The molecule has 0 radical (unpaired) electrons. The number of phenols is 1. The van der Waals surface area contributed by atoms with Crippen LogP contribution in [-0.2, 0) is 7.05 Å². The maximum absolute atomic E-state index is 9.85. The number of nitrogens with zero attached hydrogens (tertiary/aromatic N) is 4. The molecule has 0 spiro atoms. The average Bonchev–Trinajstić information content (AvgIpc) is 3.15. The van der Waals surface area contributed by atoms with E-state index in [0.717, 1.165) is 16.5 Å². The molecule has 0 amide bonds. The van der Waals surface area contributed by atoms with Crippen LogP contribution >= 0.6 is 0 Å². The van der Waals surface area contributed by atoms with Crippen LogP contribution in [-0.4, -0.2) is 25.0 Å². The fraction of sp³-hybridized carbons (Fsp3) is 0.0625. The van der Waals surface area contributed by atoms with Crippen molar-refractivity contribution in [3.8, 4) is 28.6 Å². The van der Waals surface area contributed by atoms with Crippen LogP contribution in [0, 0.1) is 0 Å². The van der Waals surface area contributed by atoms with Gasteiger partial charge in [0.05, 0.1) is 17.3 Å². The Bertz CT molecular complexity index is 971. The van der Waals surface area contributed by atoms with Crippen molar-refractivity contribution in [2.45, 2.75) is 0 Å². The van der Waals surface area contributed by atoms with E-state index in [1.807, 2.05) is 29.9 Å². The SMILES string of the molecule is Cn1ncc2cc(-c3noc(-c4ccccc4O)n3)ccc21. The molecule has 2 aromatic heterocycles. The number of aromatic hydroxyl groups is 1. The summed E-state index contributed by atoms with van der Waals surface area (Å²) < 4.78 is 7.07. The van der Waals surface area contributed by atoms with Crippen LogP contribution in [0.1, 0.15) is 0 Å². The van der Waals surface area contributed by atoms with Crippen molar-refractivity contribution in [2.75, 3.05) is 0 Å². The molecular formula is C16H12N4O2. The Morgan fingerprint density at radius 1 is 1.14 bits per heavy atom. The predicted octanol–water partition coefficient (Wildman–Crippen LogP) is 3.00. The van der Waals surface area contributed by atoms with Gasteiger partial charge < -0.3 is 9.63 Å². The van der Waals surface area contributed by atoms with Crippen LogP contribution < -0.4 is 0 Å². The highest BCUT2D eigenvalue weighted by Crippen LogP contribution is 2.29. The van der Waals surface area contributed by atoms with Gasteiger partial charge in [0.25, 0.3) is 5.89 Å². The van der Waals surface area contributed by atoms with Crippen LogP contribution in [0.4, 0.5) is 0 Å². The summed E-state index contributed by atoms with van der Waals surface area (Å²) in [6.07, 6.45) is 1.79. The van der Waals surface area contributed by atoms with Crippen LogP contribution in [0.5, 0.6) is 5.75 Å². The molecule has 0 fully saturated rings. The van der Waals surface area contributed by atoms with E-state index in [4.69, 9.17) is 4.52 Å². The van der Waals surface area contributed by atoms with E-state index in [9.17, 15) is 5.11 Å². The molecule has 0 saturated carbocycles. The van der Waals surface area contributed by atoms with Gasteiger partial charge >= 0.3 is 0 Å². The molecule has 0 aliphatic carbocycles. The molecule has 2 aromatic carbocycles. The summed E-state index contributed by atoms with van der Waals surface area (Å²) in [5, 5.41) is 19.1. The smallest absolute Gasteiger partial charge is 0.261 e. The third-order valence-corrected chi connectivity index (χ3v) is 3.56. The van der Waals surface area contributed by atoms with Crippen LogP contribution in [0.3, 0.4) is 0 Å². The number of phenolic OH excluding ortho intramolecular Hbond substituents is 1. The zero-order chi connectivity index (χ0) is 15.1. The van der Waals surface area contributed by atoms with Crippen molar-refractivity contribution < 1.29 is 9.63 Å². The largest absolute Gasteiger partial charge is 0.507 e. The maximum atomic E-state index is 9.85. The molecule has 0 aliphatic heterocycles. The van der Waals surface area contributed by atoms with E-state index in [1.54, 1.807) is 30.5 Å². The minimum absolute atomic E-state index is 0.111. The molecule has 0 bridgehead atoms. The Balaban J connectivity index is 1.78. The molecule has 0 unspecified atom stereocenters. The first-order chi connectivity index (χ1) is 10.7. The third-order valence-electron chi connectivity index (χ3n) is 3.56. The number of hydrogen-bond donors (Lipinski definition) is 1. The monoisotopic (exact) mass is 292 g/mol. The van der Waals surface area contributed by atoms with Crippen LogP contribution in [0.25, 0.3) is 33.7 Å². The highest BCUT2D eigenvalue weighted by molar-refractivity contribution is 5.83. The molecule has 4 rings (SSSR count). The normalized spacial score (nSPS) is 11.1. The summed E-state index contributed by atoms with van der Waals surface area (Å²) in [5.41, 5.74) is 2.39. The van der Waals surface area contributed by atoms with Crippen molar-refractivity contribution in [2.24, 2.45) is 7.05 Å². The van der Waals surface area contributed by atoms with Gasteiger partial charge in [-0.3, -0.25) is 4.68 Å². The van der Waals surface area contributed by atoms with E-state index < -0.39 is 0 Å². The molecule has 0 saturated heterocycles. The van der Waals surface area contributed by atoms with E-state index in [0.29, 0.717) is 17.3 Å². The number of para-hydroxylation sites is 1. The van der Waals surface area contributed by atoms with Crippen molar-refractivity contribution >= 4 is 10.9 Å². The number of rotatable bonds is 2. The Morgan fingerprint density at radius 3 is 2.86 bits per heavy atom. The lowest BCUT2D eigenvalue weighted by molar-refractivity contribution is 0.426. The van der Waals surface area contributed by atoms with E-state index in [2.05, 4.69) is 15.2 Å². The van der Waals surface area contributed by atoms with Gasteiger partial charge in [0.2, 0.25) is 5.82 Å². The lowest BCUT2D eigenvalue weighted by atomic mass is 10.1. The molecule has 6 heteroatoms. The Kier molecular flexibility index (Phi) is 2.69. The van der Waals surface area contributed by atoms with Crippen molar-refractivity contribution in [1.29, 1.82) is 0 Å². The van der Waals surface area contributed by atoms with E-state index >= 15 is 0 Å². The average molecular weight is 292 g/mol. The standard InChI is InChI=1S/C16H12N4O2/c1-20-13-7-6-10(8-11(13)9-17-20)15-18-16(22-19-15)12-4-2-3-5-14(12)21/h2-9,21H,1H3. The predicted molar refractivity (Wildman–Crippen MR) is 81.1 cm³/mol. The van der Waals surface area contributed by atoms with Gasteiger partial charge in [-0.05, 0) is 30.3 Å². The summed E-state index contributed by atoms with van der Waals surface area (Å²) in [7, 11) is 1.90. The second-order valence-electron chi connectivity index (χ2n) is 4.98. The number of benzene rings is 2. The first kappa shape index (κ1) is 12.6. The zero-order valence-corrected chi connectivity index (χ0v) is 11.8. The van der Waals surface area contributed by atoms with E-state index in [-0.39, 0.29) is 5.75 Å². The number of hydrogen-bond acceptors (Lipinski definition) is 5. The number of aromatic nitrogens is 4. The van der Waals surface area contributed by atoms with Crippen LogP contribution in [0.2, 0.25) is 0 Å². The fourth-order valence-electron chi connectivity index (χ4n) is 2.41. The lowest BCUT2D eigenvalue weighted by Crippen LogP contribution is -1.88. The molecule has 6 nitrogen and oxygen atoms in total. The van der Waals surface area contributed by atoms with Gasteiger partial charge in [-0.15, -0.1) is 0 Å². The minimum Gasteiger partial charge on any atom is -0.507 e. The quantitative estimate of drug-likeness (QED) is 0.614. The second-order valence-corrected chi connectivity index (χ2v) is 4.98. The van der Waals surface area contributed by atoms with Gasteiger partial charge in [0.15, 0.2) is 0 Å². The topological polar surface area (TPSA) is 77.0 Å². The molecule has 1 N–H and O–H groups in total. The van der Waals surface area contributed by atoms with Gasteiger partial charge in [-0.1, -0.05) is 17.3 Å². The molecule has 108 valence electrons. The molecule has 4 aromatic rings. The summed E-state index contributed by atoms with van der Waals surface area (Å²) in [4.78, 5) is 4.36. The zero-order valence-electron chi connectivity index (χ0n) is 11.8. The summed E-state index contributed by atoms with van der Waals surface area (Å²) in [5.74, 6) is 0.879. The number of fused-ring (bicyclic) bond motifs is 1. The highest BCUT2D eigenvalue weighted by atomic mass is 16.5. The van der Waals surface area contributed by atoms with Crippen molar-refractivity contribution in [3.63, 3.8) is 0 Å². The molecule has 22 heavy (non-hydrogen) atoms. The van der Waals surface area contributed by atoms with Gasteiger partial charge in [-0.25, -0.2) is 0 Å². The first-order valence-electron chi connectivity index (χ1n) is 6.76. The Labute approximate surface area is 125 Å². The molecule has 0 aliphatic rings. The summed E-state index contributed by atoms with van der Waals surface area (Å²) >= 11 is 0. The van der Waals surface area contributed by atoms with Gasteiger partial charge in [-0.2, -0.15) is 10.1 Å². The summed E-state index contributed by atoms with van der Waals surface area (Å²) in [6, 6.07) is 12.7. The second kappa shape index (κ2) is 4.70. The maximum Gasteiger partial charge on any atom is 0.261 e. The van der Waals surface area contributed by atoms with Gasteiger partial charge in [0, 0.05) is 18.0 Å².